The van der Waals surface area contributed by atoms with Crippen LogP contribution in [-0.4, -0.2) is 25.9 Å². The molecule has 4 rings (SSSR count). The van der Waals surface area contributed by atoms with Crippen molar-refractivity contribution in [1.82, 2.24) is 25.3 Å². The number of furan rings is 1. The van der Waals surface area contributed by atoms with Crippen LogP contribution in [0.2, 0.25) is 0 Å². The number of aromatic nitrogens is 4. The third kappa shape index (κ3) is 2.76. The first kappa shape index (κ1) is 15.1. The van der Waals surface area contributed by atoms with Crippen LogP contribution in [0.1, 0.15) is 21.9 Å². The van der Waals surface area contributed by atoms with Crippen LogP contribution in [-0.2, 0) is 6.54 Å². The highest BCUT2D eigenvalue weighted by Gasteiger charge is 2.18. The van der Waals surface area contributed by atoms with Crippen molar-refractivity contribution in [3.05, 3.63) is 72.1 Å². The van der Waals surface area contributed by atoms with Gasteiger partial charge in [0.05, 0.1) is 29.7 Å². The Kier molecular flexibility index (Phi) is 3.74. The van der Waals surface area contributed by atoms with Crippen molar-refractivity contribution in [2.45, 2.75) is 13.5 Å². The number of benzene rings is 1. The summed E-state index contributed by atoms with van der Waals surface area (Å²) in [4.78, 5) is 16.7. The molecule has 0 bridgehead atoms. The molecule has 1 N–H and O–H groups in total. The molecule has 0 aliphatic rings. The second-order valence-corrected chi connectivity index (χ2v) is 5.54. The Morgan fingerprint density at radius 2 is 2.12 bits per heavy atom. The van der Waals surface area contributed by atoms with E-state index in [9.17, 15) is 4.79 Å². The lowest BCUT2D eigenvalue weighted by Crippen LogP contribution is -2.23. The first-order valence-electron chi connectivity index (χ1n) is 7.81. The van der Waals surface area contributed by atoms with E-state index in [0.29, 0.717) is 18.0 Å². The number of rotatable bonds is 4. The van der Waals surface area contributed by atoms with E-state index in [1.54, 1.807) is 29.3 Å². The van der Waals surface area contributed by atoms with Crippen molar-refractivity contribution in [1.29, 1.82) is 0 Å². The number of hydrogen-bond acceptors (Lipinski definition) is 5. The fourth-order valence-corrected chi connectivity index (χ4v) is 2.70. The van der Waals surface area contributed by atoms with E-state index in [2.05, 4.69) is 20.6 Å². The molecule has 0 atom stereocenters. The summed E-state index contributed by atoms with van der Waals surface area (Å²) in [5.74, 6) is 0.386. The van der Waals surface area contributed by atoms with Crippen LogP contribution in [0.5, 0.6) is 0 Å². The minimum Gasteiger partial charge on any atom is -0.467 e. The number of nitrogens with one attached hydrogen (secondary N) is 1. The normalized spacial score (nSPS) is 10.9. The zero-order valence-corrected chi connectivity index (χ0v) is 13.5. The maximum Gasteiger partial charge on any atom is 0.274 e. The van der Waals surface area contributed by atoms with E-state index in [0.717, 1.165) is 16.6 Å². The Balaban J connectivity index is 1.65. The summed E-state index contributed by atoms with van der Waals surface area (Å²) < 4.78 is 6.87. The fraction of sp³-hybridized carbons (Fsp3) is 0.111. The summed E-state index contributed by atoms with van der Waals surface area (Å²) in [5, 5.41) is 11.9. The molecular formula is C18H15N5O2. The van der Waals surface area contributed by atoms with Crippen LogP contribution in [0.25, 0.3) is 16.6 Å². The zero-order chi connectivity index (χ0) is 17.2. The van der Waals surface area contributed by atoms with Crippen LogP contribution in [0.15, 0.2) is 59.3 Å². The minimum absolute atomic E-state index is 0.285. The second-order valence-electron chi connectivity index (χ2n) is 5.54. The number of pyridine rings is 1. The van der Waals surface area contributed by atoms with Gasteiger partial charge in [-0.3, -0.25) is 9.78 Å². The van der Waals surface area contributed by atoms with Crippen LogP contribution >= 0.6 is 0 Å². The second kappa shape index (κ2) is 6.20. The van der Waals surface area contributed by atoms with Gasteiger partial charge in [0.1, 0.15) is 5.76 Å². The molecule has 0 aliphatic heterocycles. The molecule has 0 saturated heterocycles. The van der Waals surface area contributed by atoms with E-state index < -0.39 is 0 Å². The van der Waals surface area contributed by atoms with Crippen molar-refractivity contribution in [2.75, 3.05) is 0 Å². The van der Waals surface area contributed by atoms with Gasteiger partial charge in [-0.1, -0.05) is 11.3 Å². The van der Waals surface area contributed by atoms with Crippen LogP contribution in [0.3, 0.4) is 0 Å². The van der Waals surface area contributed by atoms with E-state index in [1.807, 2.05) is 37.3 Å². The summed E-state index contributed by atoms with van der Waals surface area (Å²) in [7, 11) is 0. The summed E-state index contributed by atoms with van der Waals surface area (Å²) >= 11 is 0. The largest absolute Gasteiger partial charge is 0.467 e. The molecule has 3 heterocycles. The molecule has 1 aromatic carbocycles. The first-order valence-corrected chi connectivity index (χ1v) is 7.81. The molecule has 124 valence electrons. The average molecular weight is 333 g/mol. The average Bonchev–Trinajstić information content (AvgIpc) is 3.29. The number of amides is 1. The number of carbonyl (C=O) groups is 1. The molecule has 0 saturated carbocycles. The quantitative estimate of drug-likeness (QED) is 0.620. The number of carbonyl (C=O) groups excluding carboxylic acids is 1. The Morgan fingerprint density at radius 1 is 1.20 bits per heavy atom. The third-order valence-electron chi connectivity index (χ3n) is 3.96. The van der Waals surface area contributed by atoms with Crippen molar-refractivity contribution in [3.8, 4) is 5.69 Å². The standard InChI is InChI=1S/C18H15N5O2/c1-12-17(18(24)20-11-13-5-4-10-25-13)21-22-23(12)16-8-2-7-15-14(16)6-3-9-19-15/h2-10H,11H2,1H3,(H,20,24). The predicted octanol–water partition coefficient (Wildman–Crippen LogP) is 2.65. The van der Waals surface area contributed by atoms with Gasteiger partial charge in [0, 0.05) is 11.6 Å². The van der Waals surface area contributed by atoms with Crippen molar-refractivity contribution in [3.63, 3.8) is 0 Å². The van der Waals surface area contributed by atoms with Gasteiger partial charge in [-0.25, -0.2) is 4.68 Å². The predicted molar refractivity (Wildman–Crippen MR) is 91.3 cm³/mol. The maximum absolute atomic E-state index is 12.4. The molecule has 0 radical (unpaired) electrons. The summed E-state index contributed by atoms with van der Waals surface area (Å²) in [5.41, 5.74) is 2.64. The molecule has 0 fully saturated rings. The highest BCUT2D eigenvalue weighted by molar-refractivity contribution is 5.93. The van der Waals surface area contributed by atoms with E-state index in [1.165, 1.54) is 0 Å². The van der Waals surface area contributed by atoms with Gasteiger partial charge in [0.25, 0.3) is 5.91 Å². The molecule has 7 heteroatoms. The van der Waals surface area contributed by atoms with Crippen molar-refractivity contribution >= 4 is 16.8 Å². The zero-order valence-electron chi connectivity index (χ0n) is 13.5. The molecule has 1 amide bonds. The Hall–Kier alpha value is -3.48. The van der Waals surface area contributed by atoms with E-state index in [-0.39, 0.29) is 11.6 Å². The Labute approximate surface area is 143 Å². The van der Waals surface area contributed by atoms with Gasteiger partial charge in [-0.2, -0.15) is 0 Å². The lowest BCUT2D eigenvalue weighted by atomic mass is 10.2. The molecule has 4 aromatic rings. The van der Waals surface area contributed by atoms with Crippen LogP contribution in [0, 0.1) is 6.92 Å². The fourth-order valence-electron chi connectivity index (χ4n) is 2.70. The highest BCUT2D eigenvalue weighted by atomic mass is 16.3. The Bertz CT molecular complexity index is 1030. The molecule has 0 unspecified atom stereocenters. The number of fused-ring (bicyclic) bond motifs is 1. The van der Waals surface area contributed by atoms with Crippen molar-refractivity contribution < 1.29 is 9.21 Å². The van der Waals surface area contributed by atoms with Gasteiger partial charge >= 0.3 is 0 Å². The third-order valence-corrected chi connectivity index (χ3v) is 3.96. The van der Waals surface area contributed by atoms with Crippen LogP contribution < -0.4 is 5.32 Å². The van der Waals surface area contributed by atoms with Gasteiger partial charge in [0.15, 0.2) is 5.69 Å². The van der Waals surface area contributed by atoms with Crippen molar-refractivity contribution in [2.24, 2.45) is 0 Å². The molecule has 25 heavy (non-hydrogen) atoms. The topological polar surface area (TPSA) is 85.8 Å². The van der Waals surface area contributed by atoms with Gasteiger partial charge in [-0.15, -0.1) is 5.10 Å². The molecule has 0 aliphatic carbocycles. The molecule has 0 spiro atoms. The maximum atomic E-state index is 12.4. The number of hydrogen-bond donors (Lipinski definition) is 1. The van der Waals surface area contributed by atoms with Gasteiger partial charge < -0.3 is 9.73 Å². The lowest BCUT2D eigenvalue weighted by molar-refractivity contribution is 0.0942. The lowest BCUT2D eigenvalue weighted by Gasteiger charge is -2.07. The van der Waals surface area contributed by atoms with Crippen LogP contribution in [0.4, 0.5) is 0 Å². The van der Waals surface area contributed by atoms with Gasteiger partial charge in [-0.05, 0) is 43.3 Å². The summed E-state index contributed by atoms with van der Waals surface area (Å²) in [6.45, 7) is 2.12. The summed E-state index contributed by atoms with van der Waals surface area (Å²) in [6, 6.07) is 13.2. The molecular weight excluding hydrogens is 318 g/mol. The van der Waals surface area contributed by atoms with E-state index in [4.69, 9.17) is 4.42 Å². The molecule has 3 aromatic heterocycles. The highest BCUT2D eigenvalue weighted by Crippen LogP contribution is 2.21. The number of nitrogens with zero attached hydrogens (tertiary/aromatic N) is 4. The SMILES string of the molecule is Cc1c(C(=O)NCc2ccco2)nnn1-c1cccc2ncccc12. The summed E-state index contributed by atoms with van der Waals surface area (Å²) in [6.07, 6.45) is 3.31. The Morgan fingerprint density at radius 3 is 2.96 bits per heavy atom. The smallest absolute Gasteiger partial charge is 0.274 e. The minimum atomic E-state index is -0.293. The first-order chi connectivity index (χ1) is 12.2. The monoisotopic (exact) mass is 333 g/mol. The van der Waals surface area contributed by atoms with Gasteiger partial charge in [0.2, 0.25) is 0 Å². The molecule has 7 nitrogen and oxygen atoms in total. The van der Waals surface area contributed by atoms with E-state index >= 15 is 0 Å².